The smallest absolute Gasteiger partial charge is 0.410 e. The van der Waals surface area contributed by atoms with Crippen molar-refractivity contribution in [2.24, 2.45) is 5.92 Å². The van der Waals surface area contributed by atoms with Crippen molar-refractivity contribution in [2.45, 2.75) is 51.3 Å². The maximum atomic E-state index is 15.1. The van der Waals surface area contributed by atoms with Gasteiger partial charge < -0.3 is 19.7 Å². The first-order valence-corrected chi connectivity index (χ1v) is 18.7. The molecule has 2 atom stereocenters. The van der Waals surface area contributed by atoms with Crippen molar-refractivity contribution in [3.05, 3.63) is 108 Å². The molecule has 6 rings (SSSR count). The number of nitrogens with one attached hydrogen (secondary N) is 1. The fourth-order valence-corrected chi connectivity index (χ4v) is 7.73. The lowest BCUT2D eigenvalue weighted by molar-refractivity contribution is -0.129. The molecule has 0 spiro atoms. The summed E-state index contributed by atoms with van der Waals surface area (Å²) in [5.41, 5.74) is 2.23. The molecular formula is C38H37F4N5O5S. The van der Waals surface area contributed by atoms with E-state index in [-0.39, 0.29) is 41.1 Å². The molecule has 2 aromatic heterocycles. The number of aryl methyl sites for hydroxylation is 1. The molecule has 1 saturated heterocycles. The number of halogens is 4. The number of ether oxygens (including phenoxy) is 2. The van der Waals surface area contributed by atoms with Crippen LogP contribution in [-0.4, -0.2) is 65.4 Å². The number of pyridine rings is 1. The summed E-state index contributed by atoms with van der Waals surface area (Å²) >= 11 is 0. The molecule has 0 saturated carbocycles. The van der Waals surface area contributed by atoms with Crippen LogP contribution in [0.2, 0.25) is 0 Å². The zero-order valence-corrected chi connectivity index (χ0v) is 29.8. The number of sulfone groups is 1. The maximum Gasteiger partial charge on any atom is 0.410 e. The van der Waals surface area contributed by atoms with Gasteiger partial charge in [0.1, 0.15) is 18.2 Å². The summed E-state index contributed by atoms with van der Waals surface area (Å²) in [4.78, 5) is 28.2. The highest BCUT2D eigenvalue weighted by Crippen LogP contribution is 2.39. The third kappa shape index (κ3) is 9.57. The Morgan fingerprint density at radius 3 is 2.51 bits per heavy atom. The zero-order valence-electron chi connectivity index (χ0n) is 28.9. The Morgan fingerprint density at radius 1 is 0.962 bits per heavy atom. The third-order valence-electron chi connectivity index (χ3n) is 8.82. The number of likely N-dealkylation sites (tertiary alicyclic amines) is 1. The lowest BCUT2D eigenvalue weighted by Gasteiger charge is -2.36. The van der Waals surface area contributed by atoms with E-state index in [0.29, 0.717) is 41.2 Å². The molecule has 0 radical (unpaired) electrons. The van der Waals surface area contributed by atoms with Gasteiger partial charge in [0.15, 0.2) is 9.84 Å². The lowest BCUT2D eigenvalue weighted by Crippen LogP contribution is -2.48. The van der Waals surface area contributed by atoms with Crippen molar-refractivity contribution < 1.29 is 40.2 Å². The number of rotatable bonds is 11. The molecule has 0 bridgehead atoms. The summed E-state index contributed by atoms with van der Waals surface area (Å²) in [6.45, 7) is 4.92. The average molecular weight is 752 g/mol. The van der Waals surface area contributed by atoms with Crippen molar-refractivity contribution >= 4 is 32.7 Å². The normalized spacial score (nSPS) is 16.4. The van der Waals surface area contributed by atoms with Gasteiger partial charge in [-0.1, -0.05) is 49.4 Å². The Labute approximate surface area is 304 Å². The molecule has 53 heavy (non-hydrogen) atoms. The predicted molar refractivity (Wildman–Crippen MR) is 192 cm³/mol. The standard InChI is InChI=1S/C38H37F4N5O5S/c1-24-19-27(21-47(20-24)37(48)51-22-26-7-4-3-5-8-26)45-36-44-17-14-33(46-36)30-9-6-16-43-35(30)52-34-25(2)10-11-28-29(34)12-13-32(39)31(28)23-53(49,50)18-15-38(40,41)42/h3-14,16-17,24,27H,15,18-23H2,1-2H3,(H,44,45,46)/t24-,27+/m1/s1. The number of hydrogen-bond donors (Lipinski definition) is 1. The van der Waals surface area contributed by atoms with E-state index in [1.807, 2.05) is 30.3 Å². The summed E-state index contributed by atoms with van der Waals surface area (Å²) in [5, 5.41) is 3.89. The molecule has 1 fully saturated rings. The topological polar surface area (TPSA) is 124 Å². The Hall–Kier alpha value is -5.31. The number of anilines is 1. The number of fused-ring (bicyclic) bond motifs is 1. The minimum Gasteiger partial charge on any atom is -0.445 e. The van der Waals surface area contributed by atoms with E-state index in [9.17, 15) is 26.4 Å². The highest BCUT2D eigenvalue weighted by molar-refractivity contribution is 7.90. The summed E-state index contributed by atoms with van der Waals surface area (Å²) in [6.07, 6.45) is -2.73. The van der Waals surface area contributed by atoms with E-state index in [4.69, 9.17) is 14.5 Å². The van der Waals surface area contributed by atoms with Gasteiger partial charge in [0.05, 0.1) is 29.2 Å². The first-order valence-electron chi connectivity index (χ1n) is 16.9. The van der Waals surface area contributed by atoms with E-state index >= 15 is 4.39 Å². The molecule has 1 amide bonds. The minimum atomic E-state index is -4.67. The molecule has 1 aliphatic heterocycles. The number of amides is 1. The molecule has 3 aromatic carbocycles. The van der Waals surface area contributed by atoms with Crippen LogP contribution in [0, 0.1) is 18.7 Å². The Morgan fingerprint density at radius 2 is 1.74 bits per heavy atom. The fraction of sp³-hybridized carbons (Fsp3) is 0.316. The van der Waals surface area contributed by atoms with Crippen LogP contribution in [0.3, 0.4) is 0 Å². The number of aromatic nitrogens is 3. The van der Waals surface area contributed by atoms with E-state index in [0.717, 1.165) is 18.1 Å². The van der Waals surface area contributed by atoms with Crippen molar-refractivity contribution in [3.8, 4) is 22.9 Å². The van der Waals surface area contributed by atoms with E-state index in [1.165, 1.54) is 18.3 Å². The van der Waals surface area contributed by atoms with E-state index < -0.39 is 45.9 Å². The van der Waals surface area contributed by atoms with Crippen molar-refractivity contribution in [3.63, 3.8) is 0 Å². The van der Waals surface area contributed by atoms with Crippen LogP contribution < -0.4 is 10.1 Å². The summed E-state index contributed by atoms with van der Waals surface area (Å²) in [7, 11) is -4.30. The quantitative estimate of drug-likeness (QED) is 0.133. The van der Waals surface area contributed by atoms with Crippen LogP contribution in [0.4, 0.5) is 28.3 Å². The molecule has 0 unspecified atom stereocenters. The van der Waals surface area contributed by atoms with Gasteiger partial charge in [0.2, 0.25) is 11.8 Å². The Bertz CT molecular complexity index is 2210. The first kappa shape index (κ1) is 37.4. The number of alkyl halides is 3. The van der Waals surface area contributed by atoms with Gasteiger partial charge in [-0.15, -0.1) is 0 Å². The monoisotopic (exact) mass is 751 g/mol. The highest BCUT2D eigenvalue weighted by Gasteiger charge is 2.31. The number of hydrogen-bond acceptors (Lipinski definition) is 9. The summed E-state index contributed by atoms with van der Waals surface area (Å²) in [5.74, 6) is -2.01. The van der Waals surface area contributed by atoms with Crippen molar-refractivity contribution in [1.82, 2.24) is 19.9 Å². The van der Waals surface area contributed by atoms with Crippen LogP contribution in [0.25, 0.3) is 22.0 Å². The fourth-order valence-electron chi connectivity index (χ4n) is 6.31. The third-order valence-corrected chi connectivity index (χ3v) is 10.4. The number of piperidine rings is 1. The van der Waals surface area contributed by atoms with Gasteiger partial charge in [-0.05, 0) is 66.1 Å². The molecule has 15 heteroatoms. The predicted octanol–water partition coefficient (Wildman–Crippen LogP) is 8.26. The Kier molecular flexibility index (Phi) is 11.1. The van der Waals surface area contributed by atoms with Crippen LogP contribution in [-0.2, 0) is 26.9 Å². The number of carbonyl (C=O) groups is 1. The molecule has 1 N–H and O–H groups in total. The van der Waals surface area contributed by atoms with E-state index in [1.54, 1.807) is 42.3 Å². The summed E-state index contributed by atoms with van der Waals surface area (Å²) < 4.78 is 90.6. The van der Waals surface area contributed by atoms with Crippen LogP contribution in [0.1, 0.15) is 36.5 Å². The molecule has 278 valence electrons. The van der Waals surface area contributed by atoms with Crippen molar-refractivity contribution in [2.75, 3.05) is 24.2 Å². The second-order valence-corrected chi connectivity index (χ2v) is 15.3. The molecule has 0 aliphatic carbocycles. The Balaban J connectivity index is 1.21. The maximum absolute atomic E-state index is 15.1. The summed E-state index contributed by atoms with van der Waals surface area (Å²) in [6, 6.07) is 20.1. The lowest BCUT2D eigenvalue weighted by atomic mass is 9.96. The molecular weight excluding hydrogens is 715 g/mol. The number of benzene rings is 3. The second kappa shape index (κ2) is 15.7. The van der Waals surface area contributed by atoms with Crippen LogP contribution >= 0.6 is 0 Å². The van der Waals surface area contributed by atoms with Crippen LogP contribution in [0.15, 0.2) is 85.2 Å². The molecule has 10 nitrogen and oxygen atoms in total. The number of carbonyl (C=O) groups excluding carboxylic acids is 1. The van der Waals surface area contributed by atoms with Gasteiger partial charge in [-0.25, -0.2) is 32.6 Å². The van der Waals surface area contributed by atoms with E-state index in [2.05, 4.69) is 22.2 Å². The zero-order chi connectivity index (χ0) is 37.8. The molecule has 5 aromatic rings. The SMILES string of the molecule is Cc1ccc2c(CS(=O)(=O)CCC(F)(F)F)c(F)ccc2c1Oc1ncccc1-c1ccnc(N[C@H]2C[C@@H](C)CN(C(=O)OCc3ccccc3)C2)n1. The largest absolute Gasteiger partial charge is 0.445 e. The van der Waals surface area contributed by atoms with Crippen molar-refractivity contribution in [1.29, 1.82) is 0 Å². The minimum absolute atomic E-state index is 0.148. The van der Waals surface area contributed by atoms with Gasteiger partial charge in [0, 0.05) is 42.5 Å². The van der Waals surface area contributed by atoms with Gasteiger partial charge >= 0.3 is 12.3 Å². The second-order valence-electron chi connectivity index (χ2n) is 13.1. The highest BCUT2D eigenvalue weighted by atomic mass is 32.2. The van der Waals surface area contributed by atoms with Gasteiger partial charge in [-0.3, -0.25) is 0 Å². The van der Waals surface area contributed by atoms with Crippen LogP contribution in [0.5, 0.6) is 11.6 Å². The number of nitrogens with zero attached hydrogens (tertiary/aromatic N) is 4. The first-order chi connectivity index (χ1) is 25.2. The average Bonchev–Trinajstić information content (AvgIpc) is 3.12. The molecule has 1 aliphatic rings. The van der Waals surface area contributed by atoms with Gasteiger partial charge in [0.25, 0.3) is 0 Å². The van der Waals surface area contributed by atoms with Gasteiger partial charge in [-0.2, -0.15) is 13.2 Å². The molecule has 3 heterocycles.